The molecule has 12 nitrogen and oxygen atoms in total. The van der Waals surface area contributed by atoms with Crippen molar-refractivity contribution >= 4 is 35.2 Å². The van der Waals surface area contributed by atoms with Crippen LogP contribution in [-0.4, -0.2) is 58.4 Å². The fourth-order valence-corrected chi connectivity index (χ4v) is 4.03. The molecule has 0 fully saturated rings. The third-order valence-corrected chi connectivity index (χ3v) is 5.82. The molecule has 2 heterocycles. The maximum absolute atomic E-state index is 11.8. The molecule has 0 saturated heterocycles. The zero-order valence-electron chi connectivity index (χ0n) is 23.7. The van der Waals surface area contributed by atoms with Gasteiger partial charge in [0, 0.05) is 16.7 Å². The Morgan fingerprint density at radius 2 is 1.33 bits per heavy atom. The summed E-state index contributed by atoms with van der Waals surface area (Å²) < 4.78 is 21.5. The van der Waals surface area contributed by atoms with Crippen molar-refractivity contribution < 1.29 is 39.0 Å². The van der Waals surface area contributed by atoms with Crippen molar-refractivity contribution in [3.05, 3.63) is 58.7 Å². The molecular weight excluding hydrogens is 580 g/mol. The highest BCUT2D eigenvalue weighted by Crippen LogP contribution is 2.34. The fourth-order valence-electron chi connectivity index (χ4n) is 3.91. The summed E-state index contributed by atoms with van der Waals surface area (Å²) in [4.78, 5) is 23.5. The number of nitrogens with one attached hydrogen (secondary N) is 2. The smallest absolute Gasteiger partial charge is 0.408 e. The van der Waals surface area contributed by atoms with E-state index in [1.54, 1.807) is 51.1 Å². The Balaban J connectivity index is 0.000000411. The minimum Gasteiger partial charge on any atom is -0.491 e. The Kier molecular flexibility index (Phi) is 13.1. The number of carbonyl (C=O) groups is 2. The molecular formula is C30H43ClN4O8. The second-order valence-electron chi connectivity index (χ2n) is 11.2. The van der Waals surface area contributed by atoms with Crippen LogP contribution in [0.1, 0.15) is 90.7 Å². The standard InChI is InChI=1S/C14H17ClN2O4.C14H18N2O4.2CH4/c1-14(2,3)21-13(18)16-10-7-20-11-6-8(12(15)17-19)4-5-9(10)11;1-14(2,3)20-13(17)16-11-8-19-12-6-9(7-15-18)4-5-10(11)12;;/h4-6,10,19H,7H2,1-3H3,(H,16,18);4-7,11,18H,8H2,1-3H3,(H,16,17);2*1H4/b17-12-;15-7+;;/t10-;11-;;/m11../s1. The van der Waals surface area contributed by atoms with Crippen LogP contribution in [0.3, 0.4) is 0 Å². The maximum atomic E-state index is 11.8. The zero-order valence-corrected chi connectivity index (χ0v) is 24.5. The number of halogens is 1. The Bertz CT molecular complexity index is 1320. The molecule has 0 unspecified atom stereocenters. The van der Waals surface area contributed by atoms with Crippen LogP contribution in [0, 0.1) is 0 Å². The van der Waals surface area contributed by atoms with Crippen molar-refractivity contribution in [2.24, 2.45) is 10.3 Å². The van der Waals surface area contributed by atoms with Crippen molar-refractivity contribution in [2.45, 2.75) is 79.7 Å². The van der Waals surface area contributed by atoms with Gasteiger partial charge in [0.2, 0.25) is 0 Å². The molecule has 2 atom stereocenters. The van der Waals surface area contributed by atoms with Crippen LogP contribution in [0.2, 0.25) is 0 Å². The molecule has 0 aliphatic carbocycles. The molecule has 0 radical (unpaired) electrons. The van der Waals surface area contributed by atoms with E-state index in [1.165, 1.54) is 6.21 Å². The van der Waals surface area contributed by atoms with E-state index in [1.807, 2.05) is 26.8 Å². The molecule has 2 aromatic rings. The van der Waals surface area contributed by atoms with Crippen molar-refractivity contribution in [1.29, 1.82) is 0 Å². The van der Waals surface area contributed by atoms with Gasteiger partial charge in [0.05, 0.1) is 18.3 Å². The SMILES string of the molecule is C.C.CC(C)(C)OC(=O)N[C@@H]1COc2cc(/C(Cl)=N/O)ccc21.CC(C)(C)OC(=O)N[C@@H]1COc2cc(/C=N/O)ccc21. The number of carbonyl (C=O) groups excluding carboxylic acids is 2. The molecule has 0 spiro atoms. The van der Waals surface area contributed by atoms with Crippen molar-refractivity contribution in [2.75, 3.05) is 13.2 Å². The van der Waals surface area contributed by atoms with E-state index >= 15 is 0 Å². The maximum Gasteiger partial charge on any atom is 0.408 e. The van der Waals surface area contributed by atoms with Gasteiger partial charge in [-0.1, -0.05) is 61.0 Å². The van der Waals surface area contributed by atoms with Crippen LogP contribution >= 0.6 is 11.6 Å². The van der Waals surface area contributed by atoms with Crippen LogP contribution in [-0.2, 0) is 9.47 Å². The third-order valence-electron chi connectivity index (χ3n) is 5.53. The lowest BCUT2D eigenvalue weighted by atomic mass is 10.1. The first-order chi connectivity index (χ1) is 19.2. The van der Waals surface area contributed by atoms with E-state index in [4.69, 9.17) is 41.0 Å². The largest absolute Gasteiger partial charge is 0.491 e. The molecule has 4 N–H and O–H groups in total. The van der Waals surface area contributed by atoms with E-state index in [0.29, 0.717) is 30.3 Å². The fraction of sp³-hybridized carbons (Fsp3) is 0.467. The lowest BCUT2D eigenvalue weighted by Gasteiger charge is -2.21. The molecule has 2 amide bonds. The Morgan fingerprint density at radius 3 is 1.77 bits per heavy atom. The lowest BCUT2D eigenvalue weighted by Crippen LogP contribution is -2.35. The highest BCUT2D eigenvalue weighted by molar-refractivity contribution is 6.69. The highest BCUT2D eigenvalue weighted by atomic mass is 35.5. The summed E-state index contributed by atoms with van der Waals surface area (Å²) in [5.41, 5.74) is 1.88. The lowest BCUT2D eigenvalue weighted by molar-refractivity contribution is 0.0485. The average Bonchev–Trinajstić information content (AvgIpc) is 3.45. The summed E-state index contributed by atoms with van der Waals surface area (Å²) in [6, 6.07) is 9.99. The molecule has 0 bridgehead atoms. The number of benzene rings is 2. The highest BCUT2D eigenvalue weighted by Gasteiger charge is 2.29. The summed E-state index contributed by atoms with van der Waals surface area (Å²) in [6.07, 6.45) is 0.348. The normalized spacial score (nSPS) is 17.0. The van der Waals surface area contributed by atoms with Gasteiger partial charge in [-0.25, -0.2) is 9.59 Å². The predicted molar refractivity (Wildman–Crippen MR) is 165 cm³/mol. The van der Waals surface area contributed by atoms with Gasteiger partial charge in [0.15, 0.2) is 5.17 Å². The van der Waals surface area contributed by atoms with Crippen LogP contribution < -0.4 is 20.1 Å². The van der Waals surface area contributed by atoms with Gasteiger partial charge < -0.3 is 40.0 Å². The number of nitrogens with zero attached hydrogens (tertiary/aromatic N) is 2. The summed E-state index contributed by atoms with van der Waals surface area (Å²) in [6.45, 7) is 11.5. The topological polar surface area (TPSA) is 160 Å². The molecule has 13 heteroatoms. The van der Waals surface area contributed by atoms with E-state index in [0.717, 1.165) is 16.7 Å². The molecule has 43 heavy (non-hydrogen) atoms. The van der Waals surface area contributed by atoms with E-state index in [-0.39, 0.29) is 32.1 Å². The predicted octanol–water partition coefficient (Wildman–Crippen LogP) is 6.74. The van der Waals surface area contributed by atoms with Crippen molar-refractivity contribution in [1.82, 2.24) is 10.6 Å². The first-order valence-electron chi connectivity index (χ1n) is 12.8. The second-order valence-corrected chi connectivity index (χ2v) is 11.6. The quantitative estimate of drug-likeness (QED) is 0.165. The number of amides is 2. The molecule has 2 aromatic carbocycles. The van der Waals surface area contributed by atoms with Gasteiger partial charge in [0.1, 0.15) is 35.9 Å². The van der Waals surface area contributed by atoms with Gasteiger partial charge in [-0.05, 0) is 59.2 Å². The van der Waals surface area contributed by atoms with Gasteiger partial charge in [-0.15, -0.1) is 0 Å². The summed E-state index contributed by atoms with van der Waals surface area (Å²) in [5, 5.41) is 28.6. The minimum atomic E-state index is -0.554. The number of alkyl carbamates (subject to hydrolysis) is 2. The van der Waals surface area contributed by atoms with Crippen LogP contribution in [0.25, 0.3) is 0 Å². The number of rotatable bonds is 4. The average molecular weight is 623 g/mol. The first-order valence-corrected chi connectivity index (χ1v) is 13.1. The van der Waals surface area contributed by atoms with Gasteiger partial charge >= 0.3 is 12.2 Å². The van der Waals surface area contributed by atoms with E-state index in [2.05, 4.69) is 20.9 Å². The molecule has 0 aromatic heterocycles. The van der Waals surface area contributed by atoms with E-state index < -0.39 is 23.4 Å². The van der Waals surface area contributed by atoms with Crippen molar-refractivity contribution in [3.8, 4) is 11.5 Å². The number of oxime groups is 2. The van der Waals surface area contributed by atoms with Gasteiger partial charge in [-0.2, -0.15) is 0 Å². The molecule has 2 aliphatic rings. The number of hydrogen-bond donors (Lipinski definition) is 4. The summed E-state index contributed by atoms with van der Waals surface area (Å²) in [5.74, 6) is 1.26. The van der Waals surface area contributed by atoms with Crippen molar-refractivity contribution in [3.63, 3.8) is 0 Å². The number of ether oxygens (including phenoxy) is 4. The van der Waals surface area contributed by atoms with Gasteiger partial charge in [0.25, 0.3) is 0 Å². The van der Waals surface area contributed by atoms with Gasteiger partial charge in [-0.3, -0.25) is 0 Å². The minimum absolute atomic E-state index is 0. The Hall–Kier alpha value is -4.19. The third kappa shape index (κ3) is 10.9. The van der Waals surface area contributed by atoms with Crippen LogP contribution in [0.5, 0.6) is 11.5 Å². The zero-order chi connectivity index (χ0) is 30.4. The number of hydrogen-bond acceptors (Lipinski definition) is 10. The van der Waals surface area contributed by atoms with Crippen LogP contribution in [0.15, 0.2) is 46.7 Å². The first kappa shape index (κ1) is 36.8. The molecule has 2 aliphatic heterocycles. The Morgan fingerprint density at radius 1 is 0.860 bits per heavy atom. The van der Waals surface area contributed by atoms with Crippen LogP contribution in [0.4, 0.5) is 9.59 Å². The monoisotopic (exact) mass is 622 g/mol. The number of fused-ring (bicyclic) bond motifs is 2. The molecule has 0 saturated carbocycles. The summed E-state index contributed by atoms with van der Waals surface area (Å²) in [7, 11) is 0. The molecule has 238 valence electrons. The summed E-state index contributed by atoms with van der Waals surface area (Å²) >= 11 is 5.74. The second kappa shape index (κ2) is 15.3. The molecule has 4 rings (SSSR count). The Labute approximate surface area is 258 Å². The van der Waals surface area contributed by atoms with E-state index in [9.17, 15) is 9.59 Å².